The Hall–Kier alpha value is -3.82. The van der Waals surface area contributed by atoms with Gasteiger partial charge < -0.3 is 21.3 Å². The number of hydrogen-bond acceptors (Lipinski definition) is 6. The van der Waals surface area contributed by atoms with Gasteiger partial charge in [0.1, 0.15) is 29.0 Å². The molecule has 1 aromatic carbocycles. The summed E-state index contributed by atoms with van der Waals surface area (Å²) in [5, 5.41) is 18.7. The average Bonchev–Trinajstić information content (AvgIpc) is 2.71. The van der Waals surface area contributed by atoms with Crippen molar-refractivity contribution in [1.82, 2.24) is 20.5 Å². The summed E-state index contributed by atoms with van der Waals surface area (Å²) in [6.07, 6.45) is 1.75. The van der Waals surface area contributed by atoms with E-state index in [1.165, 1.54) is 6.07 Å². The zero-order chi connectivity index (χ0) is 20.6. The van der Waals surface area contributed by atoms with Crippen molar-refractivity contribution in [2.24, 2.45) is 0 Å². The molecule has 150 valence electrons. The molecule has 8 nitrogen and oxygen atoms in total. The van der Waals surface area contributed by atoms with Crippen LogP contribution in [0.15, 0.2) is 48.7 Å². The lowest BCUT2D eigenvalue weighted by molar-refractivity contribution is 0.252. The third kappa shape index (κ3) is 5.83. The smallest absolute Gasteiger partial charge is 0.319 e. The molecule has 2 aromatic heterocycles. The van der Waals surface area contributed by atoms with Crippen molar-refractivity contribution in [3.05, 3.63) is 65.9 Å². The van der Waals surface area contributed by atoms with Crippen LogP contribution in [0.4, 0.5) is 36.7 Å². The standard InChI is InChI=1S/C19H19F2N7O/c1-12-5-6-15(24-11-12)25-17-8-7-16(27-28-17)22-9-10-23-19(29)26-18-13(20)3-2-4-14(18)21/h2-8,11H,9-10H2,1H3,(H,22,27)(H2,23,26,29)(H,24,25,28). The normalized spacial score (nSPS) is 10.3. The maximum atomic E-state index is 13.5. The summed E-state index contributed by atoms with van der Waals surface area (Å²) in [6.45, 7) is 2.50. The van der Waals surface area contributed by atoms with E-state index in [-0.39, 0.29) is 6.54 Å². The summed E-state index contributed by atoms with van der Waals surface area (Å²) >= 11 is 0. The van der Waals surface area contributed by atoms with Crippen molar-refractivity contribution in [1.29, 1.82) is 0 Å². The lowest BCUT2D eigenvalue weighted by Crippen LogP contribution is -2.33. The number of aryl methyl sites for hydroxylation is 1. The number of rotatable bonds is 7. The molecule has 0 unspecified atom stereocenters. The monoisotopic (exact) mass is 399 g/mol. The molecule has 0 bridgehead atoms. The van der Waals surface area contributed by atoms with Crippen LogP contribution >= 0.6 is 0 Å². The summed E-state index contributed by atoms with van der Waals surface area (Å²) in [5.74, 6) is 0.0179. The first kappa shape index (κ1) is 19.9. The molecule has 2 amide bonds. The fourth-order valence-electron chi connectivity index (χ4n) is 2.31. The van der Waals surface area contributed by atoms with Gasteiger partial charge in [0, 0.05) is 19.3 Å². The zero-order valence-corrected chi connectivity index (χ0v) is 15.5. The number of urea groups is 1. The molecule has 0 saturated carbocycles. The minimum Gasteiger partial charge on any atom is -0.367 e. The number of nitrogens with one attached hydrogen (secondary N) is 4. The van der Waals surface area contributed by atoms with E-state index in [9.17, 15) is 13.6 Å². The van der Waals surface area contributed by atoms with Crippen LogP contribution in [0.3, 0.4) is 0 Å². The Morgan fingerprint density at radius 3 is 2.28 bits per heavy atom. The number of pyridine rings is 1. The van der Waals surface area contributed by atoms with Crippen LogP contribution in [0, 0.1) is 18.6 Å². The number of para-hydroxylation sites is 1. The van der Waals surface area contributed by atoms with Crippen molar-refractivity contribution in [3.8, 4) is 0 Å². The molecule has 0 spiro atoms. The summed E-state index contributed by atoms with van der Waals surface area (Å²) in [4.78, 5) is 16.0. The van der Waals surface area contributed by atoms with E-state index in [4.69, 9.17) is 0 Å². The summed E-state index contributed by atoms with van der Waals surface area (Å²) < 4.78 is 27.0. The van der Waals surface area contributed by atoms with Crippen LogP contribution in [0.25, 0.3) is 0 Å². The summed E-state index contributed by atoms with van der Waals surface area (Å²) in [6, 6.07) is 9.85. The second kappa shape index (κ2) is 9.40. The summed E-state index contributed by atoms with van der Waals surface area (Å²) in [5.41, 5.74) is 0.567. The van der Waals surface area contributed by atoms with Crippen molar-refractivity contribution >= 4 is 29.2 Å². The molecule has 29 heavy (non-hydrogen) atoms. The van der Waals surface area contributed by atoms with Gasteiger partial charge in [0.15, 0.2) is 5.82 Å². The van der Waals surface area contributed by atoms with E-state index < -0.39 is 23.4 Å². The third-order valence-electron chi connectivity index (χ3n) is 3.75. The van der Waals surface area contributed by atoms with Crippen LogP contribution < -0.4 is 21.3 Å². The van der Waals surface area contributed by atoms with E-state index in [2.05, 4.69) is 36.4 Å². The van der Waals surface area contributed by atoms with E-state index >= 15 is 0 Å². The Balaban J connectivity index is 1.41. The van der Waals surface area contributed by atoms with Crippen molar-refractivity contribution in [3.63, 3.8) is 0 Å². The Morgan fingerprint density at radius 1 is 0.931 bits per heavy atom. The first-order chi connectivity index (χ1) is 14.0. The molecule has 0 aliphatic heterocycles. The molecule has 4 N–H and O–H groups in total. The largest absolute Gasteiger partial charge is 0.367 e. The highest BCUT2D eigenvalue weighted by atomic mass is 19.1. The van der Waals surface area contributed by atoms with E-state index in [1.54, 1.807) is 18.3 Å². The third-order valence-corrected chi connectivity index (χ3v) is 3.75. The number of carbonyl (C=O) groups excluding carboxylic acids is 1. The average molecular weight is 399 g/mol. The predicted molar refractivity (Wildman–Crippen MR) is 106 cm³/mol. The second-order valence-corrected chi connectivity index (χ2v) is 6.05. The fraction of sp³-hybridized carbons (Fsp3) is 0.158. The lowest BCUT2D eigenvalue weighted by Gasteiger charge is -2.10. The fourth-order valence-corrected chi connectivity index (χ4v) is 2.31. The Kier molecular flexibility index (Phi) is 6.46. The first-order valence-corrected chi connectivity index (χ1v) is 8.77. The molecule has 2 heterocycles. The Bertz CT molecular complexity index is 945. The molecule has 10 heteroatoms. The lowest BCUT2D eigenvalue weighted by atomic mass is 10.3. The number of nitrogens with zero attached hydrogens (tertiary/aromatic N) is 3. The van der Waals surface area contributed by atoms with Crippen LogP contribution in [-0.4, -0.2) is 34.3 Å². The SMILES string of the molecule is Cc1ccc(Nc2ccc(NCCNC(=O)Nc3c(F)cccc3F)nn2)nc1. The highest BCUT2D eigenvalue weighted by molar-refractivity contribution is 5.89. The highest BCUT2D eigenvalue weighted by Gasteiger charge is 2.11. The van der Waals surface area contributed by atoms with Crippen molar-refractivity contribution < 1.29 is 13.6 Å². The van der Waals surface area contributed by atoms with Crippen LogP contribution in [-0.2, 0) is 0 Å². The molecule has 0 aliphatic carbocycles. The Morgan fingerprint density at radius 2 is 1.62 bits per heavy atom. The molecule has 0 fully saturated rings. The number of aromatic nitrogens is 3. The zero-order valence-electron chi connectivity index (χ0n) is 15.5. The minimum atomic E-state index is -0.844. The molecular weight excluding hydrogens is 380 g/mol. The molecule has 3 aromatic rings. The predicted octanol–water partition coefficient (Wildman–Crippen LogP) is 3.44. The van der Waals surface area contributed by atoms with Gasteiger partial charge in [-0.2, -0.15) is 0 Å². The van der Waals surface area contributed by atoms with Gasteiger partial charge >= 0.3 is 6.03 Å². The molecule has 3 rings (SSSR count). The topological polar surface area (TPSA) is 104 Å². The number of anilines is 4. The van der Waals surface area contributed by atoms with Gasteiger partial charge in [0.05, 0.1) is 0 Å². The van der Waals surface area contributed by atoms with Crippen molar-refractivity contribution in [2.45, 2.75) is 6.92 Å². The van der Waals surface area contributed by atoms with Crippen LogP contribution in [0.1, 0.15) is 5.56 Å². The molecule has 0 saturated heterocycles. The second-order valence-electron chi connectivity index (χ2n) is 6.05. The van der Waals surface area contributed by atoms with Gasteiger partial charge in [-0.1, -0.05) is 12.1 Å². The molecular formula is C19H19F2N7O. The number of halogens is 2. The van der Waals surface area contributed by atoms with E-state index in [1.807, 2.05) is 19.1 Å². The maximum absolute atomic E-state index is 13.5. The van der Waals surface area contributed by atoms with Crippen molar-refractivity contribution in [2.75, 3.05) is 29.0 Å². The number of amides is 2. The van der Waals surface area contributed by atoms with Gasteiger partial charge in [0.2, 0.25) is 0 Å². The van der Waals surface area contributed by atoms with Gasteiger partial charge in [-0.25, -0.2) is 18.6 Å². The maximum Gasteiger partial charge on any atom is 0.319 e. The molecule has 0 aliphatic rings. The Labute approximate surface area is 165 Å². The number of hydrogen-bond donors (Lipinski definition) is 4. The van der Waals surface area contributed by atoms with Gasteiger partial charge in [0.25, 0.3) is 0 Å². The van der Waals surface area contributed by atoms with Crippen LogP contribution in [0.2, 0.25) is 0 Å². The minimum absolute atomic E-state index is 0.205. The van der Waals surface area contributed by atoms with Gasteiger partial charge in [-0.05, 0) is 42.8 Å². The van der Waals surface area contributed by atoms with E-state index in [0.717, 1.165) is 17.7 Å². The number of carbonyl (C=O) groups is 1. The van der Waals surface area contributed by atoms with Gasteiger partial charge in [-0.3, -0.25) is 0 Å². The molecule has 0 atom stereocenters. The first-order valence-electron chi connectivity index (χ1n) is 8.77. The van der Waals surface area contributed by atoms with E-state index in [0.29, 0.717) is 24.0 Å². The summed E-state index contributed by atoms with van der Waals surface area (Å²) in [7, 11) is 0. The number of benzene rings is 1. The molecule has 0 radical (unpaired) electrons. The highest BCUT2D eigenvalue weighted by Crippen LogP contribution is 2.17. The van der Waals surface area contributed by atoms with Crippen LogP contribution in [0.5, 0.6) is 0 Å². The van der Waals surface area contributed by atoms with Gasteiger partial charge in [-0.15, -0.1) is 10.2 Å². The quantitative estimate of drug-likeness (QED) is 0.454.